The topological polar surface area (TPSA) is 77.8 Å². The molecule has 0 saturated carbocycles. The fourth-order valence-electron chi connectivity index (χ4n) is 1.96. The van der Waals surface area contributed by atoms with Crippen molar-refractivity contribution in [2.45, 2.75) is 0 Å². The molecule has 2 aromatic rings. The van der Waals surface area contributed by atoms with Gasteiger partial charge in [-0.1, -0.05) is 12.1 Å². The van der Waals surface area contributed by atoms with Gasteiger partial charge in [0.05, 0.1) is 5.56 Å². The monoisotopic (exact) mass is 285 g/mol. The van der Waals surface area contributed by atoms with Crippen LogP contribution >= 0.6 is 0 Å². The second-order valence-electron chi connectivity index (χ2n) is 4.85. The smallest absolute Gasteiger partial charge is 0.335 e. The number of phenolic OH excluding ortho intramolecular Hbond substituents is 1. The molecule has 0 fully saturated rings. The van der Waals surface area contributed by atoms with E-state index in [1.54, 1.807) is 38.4 Å². The van der Waals surface area contributed by atoms with Gasteiger partial charge in [-0.15, -0.1) is 0 Å². The predicted molar refractivity (Wildman–Crippen MR) is 78.5 cm³/mol. The van der Waals surface area contributed by atoms with E-state index in [1.165, 1.54) is 23.1 Å². The molecular weight excluding hydrogens is 270 g/mol. The maximum absolute atomic E-state index is 11.8. The molecule has 0 unspecified atom stereocenters. The van der Waals surface area contributed by atoms with E-state index in [1.807, 2.05) is 0 Å². The van der Waals surface area contributed by atoms with Gasteiger partial charge in [0.1, 0.15) is 5.75 Å². The molecule has 0 radical (unpaired) electrons. The van der Waals surface area contributed by atoms with Gasteiger partial charge in [-0.3, -0.25) is 4.79 Å². The molecule has 0 atom stereocenters. The van der Waals surface area contributed by atoms with Crippen molar-refractivity contribution in [2.75, 3.05) is 14.1 Å². The largest absolute Gasteiger partial charge is 0.508 e. The first-order valence-corrected chi connectivity index (χ1v) is 6.28. The number of aromatic hydroxyl groups is 1. The summed E-state index contributed by atoms with van der Waals surface area (Å²) in [6, 6.07) is 10.9. The third-order valence-electron chi connectivity index (χ3n) is 3.04. The number of phenols is 1. The van der Waals surface area contributed by atoms with Gasteiger partial charge >= 0.3 is 5.97 Å². The molecule has 21 heavy (non-hydrogen) atoms. The quantitative estimate of drug-likeness (QED) is 0.908. The van der Waals surface area contributed by atoms with Crippen LogP contribution in [0.15, 0.2) is 42.5 Å². The number of carboxylic acids is 1. The Morgan fingerprint density at radius 3 is 2.05 bits per heavy atom. The Morgan fingerprint density at radius 1 is 0.905 bits per heavy atom. The molecule has 108 valence electrons. The van der Waals surface area contributed by atoms with Crippen LogP contribution in [0.2, 0.25) is 0 Å². The minimum atomic E-state index is -1.11. The molecule has 0 saturated heterocycles. The number of carbonyl (C=O) groups is 2. The molecule has 0 aliphatic heterocycles. The number of amides is 1. The summed E-state index contributed by atoms with van der Waals surface area (Å²) in [5, 5.41) is 18.6. The summed E-state index contributed by atoms with van der Waals surface area (Å²) in [7, 11) is 3.34. The first kappa shape index (κ1) is 14.6. The second-order valence-corrected chi connectivity index (χ2v) is 4.85. The van der Waals surface area contributed by atoms with Crippen LogP contribution < -0.4 is 0 Å². The van der Waals surface area contributed by atoms with Gasteiger partial charge in [0.25, 0.3) is 5.91 Å². The van der Waals surface area contributed by atoms with Gasteiger partial charge in [0, 0.05) is 19.7 Å². The number of nitrogens with zero attached hydrogens (tertiary/aromatic N) is 1. The van der Waals surface area contributed by atoms with Gasteiger partial charge in [-0.25, -0.2) is 4.79 Å². The number of benzene rings is 2. The van der Waals surface area contributed by atoms with Gasteiger partial charge < -0.3 is 15.1 Å². The molecule has 0 heterocycles. The van der Waals surface area contributed by atoms with Crippen molar-refractivity contribution in [2.24, 2.45) is 0 Å². The molecule has 5 nitrogen and oxygen atoms in total. The van der Waals surface area contributed by atoms with E-state index in [-0.39, 0.29) is 17.2 Å². The molecule has 0 aliphatic rings. The number of aromatic carboxylic acids is 1. The van der Waals surface area contributed by atoms with Gasteiger partial charge in [-0.2, -0.15) is 0 Å². The Bertz CT molecular complexity index is 690. The van der Waals surface area contributed by atoms with Crippen LogP contribution in [0.25, 0.3) is 11.1 Å². The van der Waals surface area contributed by atoms with Crippen LogP contribution in [0.3, 0.4) is 0 Å². The van der Waals surface area contributed by atoms with Gasteiger partial charge in [-0.05, 0) is 41.5 Å². The standard InChI is InChI=1S/C16H15NO4/c1-17(2)15(19)11-5-3-10(4-6-11)12-7-13(16(20)21)9-14(18)8-12/h3-9,18H,1-2H3,(H,20,21). The lowest BCUT2D eigenvalue weighted by atomic mass is 10.0. The third-order valence-corrected chi connectivity index (χ3v) is 3.04. The summed E-state index contributed by atoms with van der Waals surface area (Å²) in [4.78, 5) is 24.3. The van der Waals surface area contributed by atoms with E-state index in [0.29, 0.717) is 11.1 Å². The highest BCUT2D eigenvalue weighted by Gasteiger charge is 2.10. The summed E-state index contributed by atoms with van der Waals surface area (Å²) < 4.78 is 0. The zero-order valence-electron chi connectivity index (χ0n) is 11.7. The van der Waals surface area contributed by atoms with E-state index in [9.17, 15) is 14.7 Å². The van der Waals surface area contributed by atoms with Crippen LogP contribution in [-0.4, -0.2) is 41.1 Å². The van der Waals surface area contributed by atoms with Crippen molar-refractivity contribution in [3.8, 4) is 16.9 Å². The lowest BCUT2D eigenvalue weighted by Gasteiger charge is -2.11. The highest BCUT2D eigenvalue weighted by molar-refractivity contribution is 5.94. The molecule has 1 amide bonds. The minimum absolute atomic E-state index is 0.0124. The lowest BCUT2D eigenvalue weighted by Crippen LogP contribution is -2.21. The van der Waals surface area contributed by atoms with Crippen molar-refractivity contribution in [1.29, 1.82) is 0 Å². The Balaban J connectivity index is 2.39. The number of hydrogen-bond acceptors (Lipinski definition) is 3. The Kier molecular flexibility index (Phi) is 3.93. The average Bonchev–Trinajstić information content (AvgIpc) is 2.45. The van der Waals surface area contributed by atoms with Crippen molar-refractivity contribution in [3.05, 3.63) is 53.6 Å². The molecule has 0 aliphatic carbocycles. The fourth-order valence-corrected chi connectivity index (χ4v) is 1.96. The summed E-state index contributed by atoms with van der Waals surface area (Å²) in [5.41, 5.74) is 1.86. The van der Waals surface area contributed by atoms with Crippen LogP contribution in [0.4, 0.5) is 0 Å². The molecule has 0 aromatic heterocycles. The Hall–Kier alpha value is -2.82. The van der Waals surface area contributed by atoms with Crippen molar-refractivity contribution in [3.63, 3.8) is 0 Å². The summed E-state index contributed by atoms with van der Waals surface area (Å²) >= 11 is 0. The molecule has 2 N–H and O–H groups in total. The average molecular weight is 285 g/mol. The zero-order chi connectivity index (χ0) is 15.6. The van der Waals surface area contributed by atoms with Gasteiger partial charge in [0.2, 0.25) is 0 Å². The number of hydrogen-bond donors (Lipinski definition) is 2. The van der Waals surface area contributed by atoms with E-state index in [4.69, 9.17) is 5.11 Å². The third kappa shape index (κ3) is 3.20. The number of rotatable bonds is 3. The highest BCUT2D eigenvalue weighted by Crippen LogP contribution is 2.26. The molecule has 2 aromatic carbocycles. The number of carboxylic acid groups (broad SMARTS) is 1. The Labute approximate surface area is 122 Å². The molecule has 2 rings (SSSR count). The van der Waals surface area contributed by atoms with Crippen molar-refractivity contribution >= 4 is 11.9 Å². The minimum Gasteiger partial charge on any atom is -0.508 e. The van der Waals surface area contributed by atoms with Crippen LogP contribution in [0.1, 0.15) is 20.7 Å². The summed E-state index contributed by atoms with van der Waals surface area (Å²) in [5.74, 6) is -1.33. The fraction of sp³-hybridized carbons (Fsp3) is 0.125. The molecular formula is C16H15NO4. The first-order chi connectivity index (χ1) is 9.88. The molecule has 0 bridgehead atoms. The summed E-state index contributed by atoms with van der Waals surface area (Å²) in [6.45, 7) is 0. The predicted octanol–water partition coefficient (Wildman–Crippen LogP) is 2.46. The van der Waals surface area contributed by atoms with Crippen LogP contribution in [-0.2, 0) is 0 Å². The lowest BCUT2D eigenvalue weighted by molar-refractivity contribution is 0.0696. The number of carbonyl (C=O) groups excluding carboxylic acids is 1. The Morgan fingerprint density at radius 2 is 1.52 bits per heavy atom. The van der Waals surface area contributed by atoms with E-state index in [0.717, 1.165) is 5.56 Å². The van der Waals surface area contributed by atoms with E-state index in [2.05, 4.69) is 0 Å². The van der Waals surface area contributed by atoms with E-state index < -0.39 is 5.97 Å². The SMILES string of the molecule is CN(C)C(=O)c1ccc(-c2cc(O)cc(C(=O)O)c2)cc1. The first-order valence-electron chi connectivity index (χ1n) is 6.28. The van der Waals surface area contributed by atoms with Gasteiger partial charge in [0.15, 0.2) is 0 Å². The van der Waals surface area contributed by atoms with Crippen molar-refractivity contribution in [1.82, 2.24) is 4.90 Å². The normalized spacial score (nSPS) is 10.2. The van der Waals surface area contributed by atoms with Crippen LogP contribution in [0, 0.1) is 0 Å². The maximum atomic E-state index is 11.8. The zero-order valence-corrected chi connectivity index (χ0v) is 11.7. The van der Waals surface area contributed by atoms with Crippen LogP contribution in [0.5, 0.6) is 5.75 Å². The molecule has 0 spiro atoms. The second kappa shape index (κ2) is 5.66. The van der Waals surface area contributed by atoms with E-state index >= 15 is 0 Å². The van der Waals surface area contributed by atoms with Crippen molar-refractivity contribution < 1.29 is 19.8 Å². The summed E-state index contributed by atoms with van der Waals surface area (Å²) in [6.07, 6.45) is 0. The maximum Gasteiger partial charge on any atom is 0.335 e. The molecule has 5 heteroatoms. The highest BCUT2D eigenvalue weighted by atomic mass is 16.4.